The second-order valence-corrected chi connectivity index (χ2v) is 8.45. The van der Waals surface area contributed by atoms with E-state index >= 15 is 0 Å². The minimum Gasteiger partial charge on any atom is -0.355 e. The number of likely N-dealkylation sites (N-methyl/N-ethyl adjacent to an activating group) is 1. The maximum Gasteiger partial charge on any atom is 0.242 e. The molecule has 0 radical (unpaired) electrons. The van der Waals surface area contributed by atoms with Gasteiger partial charge < -0.3 is 14.8 Å². The first-order chi connectivity index (χ1) is 14.5. The van der Waals surface area contributed by atoms with Crippen molar-refractivity contribution < 1.29 is 9.59 Å². The van der Waals surface area contributed by atoms with Crippen LogP contribution in [0.2, 0.25) is 0 Å². The summed E-state index contributed by atoms with van der Waals surface area (Å²) in [7, 11) is 1.94. The third-order valence-corrected chi connectivity index (χ3v) is 6.55. The van der Waals surface area contributed by atoms with E-state index in [1.54, 1.807) is 0 Å². The molecular formula is C24H36N4O2. The zero-order valence-electron chi connectivity index (χ0n) is 18.7. The van der Waals surface area contributed by atoms with Gasteiger partial charge in [-0.05, 0) is 37.8 Å². The van der Waals surface area contributed by atoms with Gasteiger partial charge in [0.15, 0.2) is 0 Å². The average Bonchev–Trinajstić information content (AvgIpc) is 3.12. The van der Waals surface area contributed by atoms with Crippen LogP contribution in [-0.2, 0) is 22.6 Å². The number of imidazole rings is 1. The van der Waals surface area contributed by atoms with Gasteiger partial charge in [0.05, 0.1) is 11.0 Å². The summed E-state index contributed by atoms with van der Waals surface area (Å²) in [6.45, 7) is 4.91. The van der Waals surface area contributed by atoms with E-state index in [1.165, 1.54) is 19.3 Å². The molecule has 1 fully saturated rings. The van der Waals surface area contributed by atoms with Crippen LogP contribution < -0.4 is 5.32 Å². The van der Waals surface area contributed by atoms with Crippen molar-refractivity contribution in [3.63, 3.8) is 0 Å². The number of rotatable bonds is 9. The second kappa shape index (κ2) is 10.6. The van der Waals surface area contributed by atoms with Crippen molar-refractivity contribution in [1.29, 1.82) is 0 Å². The van der Waals surface area contributed by atoms with Crippen LogP contribution >= 0.6 is 0 Å². The van der Waals surface area contributed by atoms with Gasteiger partial charge in [-0.25, -0.2) is 4.98 Å². The number of benzene rings is 1. The lowest BCUT2D eigenvalue weighted by Gasteiger charge is -2.31. The van der Waals surface area contributed by atoms with E-state index in [-0.39, 0.29) is 17.7 Å². The largest absolute Gasteiger partial charge is 0.355 e. The minimum absolute atomic E-state index is 0.0644. The highest BCUT2D eigenvalue weighted by Gasteiger charge is 2.23. The molecule has 30 heavy (non-hydrogen) atoms. The van der Waals surface area contributed by atoms with Crippen molar-refractivity contribution in [3.8, 4) is 0 Å². The molecule has 2 aromatic rings. The van der Waals surface area contributed by atoms with Gasteiger partial charge in [-0.1, -0.05) is 45.2 Å². The predicted octanol–water partition coefficient (Wildman–Crippen LogP) is 3.92. The summed E-state index contributed by atoms with van der Waals surface area (Å²) in [5.41, 5.74) is 1.87. The molecule has 1 aliphatic carbocycles. The highest BCUT2D eigenvalue weighted by atomic mass is 16.2. The van der Waals surface area contributed by atoms with Gasteiger partial charge in [-0.15, -0.1) is 0 Å². The smallest absolute Gasteiger partial charge is 0.242 e. The normalized spacial score (nSPS) is 14.9. The number of hydrogen-bond donors (Lipinski definition) is 1. The van der Waals surface area contributed by atoms with Crippen molar-refractivity contribution in [2.45, 2.75) is 77.8 Å². The molecule has 1 aromatic heterocycles. The van der Waals surface area contributed by atoms with Crippen LogP contribution in [0.25, 0.3) is 11.0 Å². The summed E-state index contributed by atoms with van der Waals surface area (Å²) in [6.07, 6.45) is 8.20. The Balaban J connectivity index is 1.71. The maximum atomic E-state index is 13.1. The molecule has 0 atom stereocenters. The number of nitrogens with zero attached hydrogens (tertiary/aromatic N) is 3. The molecule has 0 spiro atoms. The highest BCUT2D eigenvalue weighted by molar-refractivity contribution is 5.81. The summed E-state index contributed by atoms with van der Waals surface area (Å²) < 4.78 is 2.03. The van der Waals surface area contributed by atoms with Gasteiger partial charge >= 0.3 is 0 Å². The summed E-state index contributed by atoms with van der Waals surface area (Å²) in [6, 6.07) is 8.29. The Kier molecular flexibility index (Phi) is 7.88. The Hall–Kier alpha value is -2.37. The summed E-state index contributed by atoms with van der Waals surface area (Å²) in [5.74, 6) is 1.16. The van der Waals surface area contributed by atoms with Gasteiger partial charge in [-0.3, -0.25) is 9.59 Å². The molecule has 1 saturated carbocycles. The first-order valence-corrected chi connectivity index (χ1v) is 11.5. The molecule has 0 unspecified atom stereocenters. The van der Waals surface area contributed by atoms with Crippen LogP contribution in [0.3, 0.4) is 0 Å². The molecular weight excluding hydrogens is 376 g/mol. The lowest BCUT2D eigenvalue weighted by molar-refractivity contribution is -0.133. The van der Waals surface area contributed by atoms with E-state index < -0.39 is 0 Å². The number of para-hydroxylation sites is 2. The van der Waals surface area contributed by atoms with Crippen LogP contribution in [0.4, 0.5) is 0 Å². The summed E-state index contributed by atoms with van der Waals surface area (Å²) in [4.78, 5) is 32.1. The number of fused-ring (bicyclic) bond motifs is 1. The number of carbonyl (C=O) groups is 2. The van der Waals surface area contributed by atoms with Crippen LogP contribution in [0.1, 0.15) is 64.6 Å². The Morgan fingerprint density at radius 1 is 1.17 bits per heavy atom. The van der Waals surface area contributed by atoms with Crippen molar-refractivity contribution >= 4 is 22.8 Å². The van der Waals surface area contributed by atoms with Gasteiger partial charge in [-0.2, -0.15) is 0 Å². The molecule has 3 rings (SSSR count). The van der Waals surface area contributed by atoms with Crippen molar-refractivity contribution in [2.24, 2.45) is 5.92 Å². The lowest BCUT2D eigenvalue weighted by atomic mass is 9.94. The number of amides is 2. The number of aromatic nitrogens is 2. The Labute approximate surface area is 180 Å². The fourth-order valence-corrected chi connectivity index (χ4v) is 4.51. The molecule has 164 valence electrons. The van der Waals surface area contributed by atoms with Gasteiger partial charge in [0, 0.05) is 32.0 Å². The van der Waals surface area contributed by atoms with Crippen LogP contribution in [0.5, 0.6) is 0 Å². The fraction of sp³-hybridized carbons (Fsp3) is 0.625. The number of hydrogen-bond acceptors (Lipinski definition) is 3. The Morgan fingerprint density at radius 2 is 1.87 bits per heavy atom. The molecule has 0 bridgehead atoms. The van der Waals surface area contributed by atoms with Crippen molar-refractivity contribution in [3.05, 3.63) is 30.1 Å². The third-order valence-electron chi connectivity index (χ3n) is 6.55. The SMILES string of the molecule is CCC(CC)C(=O)NCCc1nc2ccccc2n1CC(=O)N(C)C1CCCCC1. The molecule has 1 N–H and O–H groups in total. The van der Waals surface area contributed by atoms with E-state index in [1.807, 2.05) is 54.6 Å². The van der Waals surface area contributed by atoms with Crippen molar-refractivity contribution in [2.75, 3.05) is 13.6 Å². The average molecular weight is 413 g/mol. The molecule has 1 heterocycles. The summed E-state index contributed by atoms with van der Waals surface area (Å²) >= 11 is 0. The van der Waals surface area contributed by atoms with E-state index in [9.17, 15) is 9.59 Å². The number of nitrogens with one attached hydrogen (secondary N) is 1. The molecule has 2 amide bonds. The van der Waals surface area contributed by atoms with E-state index in [4.69, 9.17) is 4.98 Å². The van der Waals surface area contributed by atoms with E-state index in [2.05, 4.69) is 5.32 Å². The van der Waals surface area contributed by atoms with E-state index in [0.717, 1.165) is 42.5 Å². The summed E-state index contributed by atoms with van der Waals surface area (Å²) in [5, 5.41) is 3.04. The lowest BCUT2D eigenvalue weighted by Crippen LogP contribution is -2.40. The zero-order chi connectivity index (χ0) is 21.5. The zero-order valence-corrected chi connectivity index (χ0v) is 18.7. The first-order valence-electron chi connectivity index (χ1n) is 11.5. The first kappa shape index (κ1) is 22.3. The Morgan fingerprint density at radius 3 is 2.57 bits per heavy atom. The number of carbonyl (C=O) groups excluding carboxylic acids is 2. The topological polar surface area (TPSA) is 67.2 Å². The molecule has 6 nitrogen and oxygen atoms in total. The monoisotopic (exact) mass is 412 g/mol. The molecule has 1 aliphatic rings. The van der Waals surface area contributed by atoms with Crippen molar-refractivity contribution in [1.82, 2.24) is 19.8 Å². The van der Waals surface area contributed by atoms with E-state index in [0.29, 0.717) is 25.6 Å². The second-order valence-electron chi connectivity index (χ2n) is 8.45. The highest BCUT2D eigenvalue weighted by Crippen LogP contribution is 2.23. The van der Waals surface area contributed by atoms with Gasteiger partial charge in [0.25, 0.3) is 0 Å². The van der Waals surface area contributed by atoms with Crippen LogP contribution in [0.15, 0.2) is 24.3 Å². The molecule has 6 heteroatoms. The van der Waals surface area contributed by atoms with Crippen LogP contribution in [0, 0.1) is 5.92 Å². The molecule has 1 aromatic carbocycles. The quantitative estimate of drug-likeness (QED) is 0.679. The maximum absolute atomic E-state index is 13.1. The minimum atomic E-state index is 0.0644. The fourth-order valence-electron chi connectivity index (χ4n) is 4.51. The third kappa shape index (κ3) is 5.21. The van der Waals surface area contributed by atoms with Crippen LogP contribution in [-0.4, -0.2) is 45.9 Å². The predicted molar refractivity (Wildman–Crippen MR) is 120 cm³/mol. The van der Waals surface area contributed by atoms with Gasteiger partial charge in [0.1, 0.15) is 12.4 Å². The standard InChI is InChI=1S/C24H36N4O2/c1-4-18(5-2)24(30)25-16-15-22-26-20-13-9-10-14-21(20)28(22)17-23(29)27(3)19-11-7-6-8-12-19/h9-10,13-14,18-19H,4-8,11-12,15-17H2,1-3H3,(H,25,30). The molecule has 0 aliphatic heterocycles. The Bertz CT molecular complexity index is 850. The molecule has 0 saturated heterocycles. The van der Waals surface area contributed by atoms with Gasteiger partial charge in [0.2, 0.25) is 11.8 Å².